The minimum absolute atomic E-state index is 0.182. The fourth-order valence-corrected chi connectivity index (χ4v) is 1.63. The van der Waals surface area contributed by atoms with Gasteiger partial charge in [0.25, 0.3) is 5.91 Å². The summed E-state index contributed by atoms with van der Waals surface area (Å²) in [6.07, 6.45) is 0. The molecule has 0 aromatic carbocycles. The van der Waals surface area contributed by atoms with Crippen molar-refractivity contribution in [2.45, 2.75) is 20.4 Å². The number of halogens is 1. The van der Waals surface area contributed by atoms with Gasteiger partial charge in [-0.25, -0.2) is 4.98 Å². The zero-order valence-corrected chi connectivity index (χ0v) is 10.1. The van der Waals surface area contributed by atoms with Crippen molar-refractivity contribution in [3.05, 3.63) is 41.6 Å². The maximum Gasteiger partial charge on any atom is 0.275 e. The summed E-state index contributed by atoms with van der Waals surface area (Å²) in [5, 5.41) is 6.71. The Morgan fingerprint density at radius 1 is 1.50 bits per heavy atom. The van der Waals surface area contributed by atoms with Crippen LogP contribution in [0.1, 0.15) is 23.1 Å². The lowest BCUT2D eigenvalue weighted by atomic mass is 10.3. The molecule has 2 rings (SSSR count). The number of hydrogen-bond acceptors (Lipinski definition) is 3. The second-order valence-electron chi connectivity index (χ2n) is 3.79. The molecule has 0 atom stereocenters. The normalized spacial score (nSPS) is 10.4. The van der Waals surface area contributed by atoms with Gasteiger partial charge in [-0.2, -0.15) is 9.49 Å². The largest absolute Gasteiger partial charge is 0.305 e. The molecule has 1 amide bonds. The highest BCUT2D eigenvalue weighted by Crippen LogP contribution is 2.09. The fraction of sp³-hybridized carbons (Fsp3) is 0.250. The summed E-state index contributed by atoms with van der Waals surface area (Å²) in [6.45, 7) is 4.29. The quantitative estimate of drug-likeness (QED) is 0.845. The number of aromatic nitrogens is 3. The molecule has 0 fully saturated rings. The summed E-state index contributed by atoms with van der Waals surface area (Å²) in [5.41, 5.74) is 1.19. The maximum atomic E-state index is 12.9. The summed E-state index contributed by atoms with van der Waals surface area (Å²) < 4.78 is 14.5. The van der Waals surface area contributed by atoms with Gasteiger partial charge in [0, 0.05) is 6.54 Å². The third-order valence-electron chi connectivity index (χ3n) is 2.39. The fourth-order valence-electron chi connectivity index (χ4n) is 1.63. The highest BCUT2D eigenvalue weighted by Gasteiger charge is 2.13. The number of nitrogens with one attached hydrogen (secondary N) is 1. The van der Waals surface area contributed by atoms with Crippen LogP contribution in [-0.4, -0.2) is 20.7 Å². The number of aryl methyl sites for hydroxylation is 2. The minimum atomic E-state index is -0.632. The van der Waals surface area contributed by atoms with Crippen molar-refractivity contribution in [1.29, 1.82) is 0 Å². The summed E-state index contributed by atoms with van der Waals surface area (Å²) in [5.74, 6) is -0.801. The Kier molecular flexibility index (Phi) is 3.36. The molecule has 0 unspecified atom stereocenters. The van der Waals surface area contributed by atoms with Gasteiger partial charge in [-0.3, -0.25) is 9.48 Å². The van der Waals surface area contributed by atoms with E-state index in [1.54, 1.807) is 10.7 Å². The molecule has 0 spiro atoms. The minimum Gasteiger partial charge on any atom is -0.305 e. The van der Waals surface area contributed by atoms with Crippen LogP contribution in [0.25, 0.3) is 0 Å². The molecule has 2 aromatic rings. The molecule has 1 N–H and O–H groups in total. The van der Waals surface area contributed by atoms with Crippen molar-refractivity contribution in [3.8, 4) is 0 Å². The van der Waals surface area contributed by atoms with Crippen molar-refractivity contribution < 1.29 is 9.18 Å². The molecule has 5 nitrogen and oxygen atoms in total. The van der Waals surface area contributed by atoms with Gasteiger partial charge in [-0.05, 0) is 32.0 Å². The third kappa shape index (κ3) is 2.53. The van der Waals surface area contributed by atoms with Crippen molar-refractivity contribution in [2.75, 3.05) is 5.32 Å². The van der Waals surface area contributed by atoms with E-state index < -0.39 is 5.95 Å². The molecule has 2 aromatic heterocycles. The lowest BCUT2D eigenvalue weighted by Crippen LogP contribution is -2.18. The molecule has 0 bridgehead atoms. The number of rotatable bonds is 3. The summed E-state index contributed by atoms with van der Waals surface area (Å²) in [7, 11) is 0. The van der Waals surface area contributed by atoms with Gasteiger partial charge in [0.05, 0.1) is 5.69 Å². The Bertz CT molecular complexity index is 579. The van der Waals surface area contributed by atoms with Gasteiger partial charge in [-0.1, -0.05) is 6.07 Å². The number of carbonyl (C=O) groups is 1. The summed E-state index contributed by atoms with van der Waals surface area (Å²) >= 11 is 0. The Balaban J connectivity index is 2.21. The number of carbonyl (C=O) groups excluding carboxylic acids is 1. The number of anilines is 1. The van der Waals surface area contributed by atoms with E-state index in [1.807, 2.05) is 13.8 Å². The first-order valence-corrected chi connectivity index (χ1v) is 5.58. The second-order valence-corrected chi connectivity index (χ2v) is 3.79. The summed E-state index contributed by atoms with van der Waals surface area (Å²) in [4.78, 5) is 15.6. The van der Waals surface area contributed by atoms with Gasteiger partial charge >= 0.3 is 0 Å². The van der Waals surface area contributed by atoms with Crippen LogP contribution in [0.15, 0.2) is 24.3 Å². The first-order valence-electron chi connectivity index (χ1n) is 5.58. The maximum absolute atomic E-state index is 12.9. The molecule has 0 radical (unpaired) electrons. The van der Waals surface area contributed by atoms with Crippen molar-refractivity contribution >= 4 is 11.7 Å². The standard InChI is InChI=1S/C12H13FN4O/c1-3-17-9(7-8(2)16-17)12(18)15-11-6-4-5-10(13)14-11/h4-7H,3H2,1-2H3,(H,14,15,18). The van der Waals surface area contributed by atoms with Crippen LogP contribution in [0, 0.1) is 12.9 Å². The van der Waals surface area contributed by atoms with Crippen LogP contribution in [0.5, 0.6) is 0 Å². The molecule has 94 valence electrons. The molecule has 18 heavy (non-hydrogen) atoms. The van der Waals surface area contributed by atoms with E-state index in [-0.39, 0.29) is 11.7 Å². The number of amides is 1. The zero-order valence-electron chi connectivity index (χ0n) is 10.1. The van der Waals surface area contributed by atoms with Gasteiger partial charge in [0.2, 0.25) is 5.95 Å². The molecule has 2 heterocycles. The Morgan fingerprint density at radius 2 is 2.28 bits per heavy atom. The van der Waals surface area contributed by atoms with Crippen molar-refractivity contribution in [2.24, 2.45) is 0 Å². The topological polar surface area (TPSA) is 59.8 Å². The molecule has 6 heteroatoms. The molecule has 0 aliphatic rings. The number of nitrogens with zero attached hydrogens (tertiary/aromatic N) is 3. The first-order chi connectivity index (χ1) is 8.60. The lowest BCUT2D eigenvalue weighted by molar-refractivity contribution is 0.101. The van der Waals surface area contributed by atoms with Gasteiger partial charge in [0.1, 0.15) is 11.5 Å². The SMILES string of the molecule is CCn1nc(C)cc1C(=O)Nc1cccc(F)n1. The third-order valence-corrected chi connectivity index (χ3v) is 2.39. The van der Waals surface area contributed by atoms with Crippen molar-refractivity contribution in [1.82, 2.24) is 14.8 Å². The van der Waals surface area contributed by atoms with Gasteiger partial charge < -0.3 is 5.32 Å². The Morgan fingerprint density at radius 3 is 2.94 bits per heavy atom. The zero-order chi connectivity index (χ0) is 13.1. The van der Waals surface area contributed by atoms with Crippen LogP contribution >= 0.6 is 0 Å². The molecule has 0 saturated carbocycles. The van der Waals surface area contributed by atoms with Crippen LogP contribution in [0.2, 0.25) is 0 Å². The summed E-state index contributed by atoms with van der Waals surface area (Å²) in [6, 6.07) is 5.91. The van der Waals surface area contributed by atoms with E-state index in [9.17, 15) is 9.18 Å². The highest BCUT2D eigenvalue weighted by molar-refractivity contribution is 6.02. The number of pyridine rings is 1. The molecule has 0 aliphatic carbocycles. The smallest absolute Gasteiger partial charge is 0.275 e. The van der Waals surface area contributed by atoms with Crippen molar-refractivity contribution in [3.63, 3.8) is 0 Å². The van der Waals surface area contributed by atoms with E-state index in [1.165, 1.54) is 18.2 Å². The van der Waals surface area contributed by atoms with E-state index in [0.29, 0.717) is 12.2 Å². The van der Waals surface area contributed by atoms with E-state index in [2.05, 4.69) is 15.4 Å². The average Bonchev–Trinajstić information content (AvgIpc) is 2.70. The van der Waals surface area contributed by atoms with Gasteiger partial charge in [-0.15, -0.1) is 0 Å². The lowest BCUT2D eigenvalue weighted by Gasteiger charge is -2.05. The predicted molar refractivity (Wildman–Crippen MR) is 64.8 cm³/mol. The van der Waals surface area contributed by atoms with E-state index >= 15 is 0 Å². The molecule has 0 aliphatic heterocycles. The Labute approximate surface area is 104 Å². The second kappa shape index (κ2) is 4.95. The Hall–Kier alpha value is -2.24. The van der Waals surface area contributed by atoms with Crippen LogP contribution in [-0.2, 0) is 6.54 Å². The highest BCUT2D eigenvalue weighted by atomic mass is 19.1. The van der Waals surface area contributed by atoms with E-state index in [0.717, 1.165) is 5.69 Å². The van der Waals surface area contributed by atoms with Crippen LogP contribution < -0.4 is 5.32 Å². The van der Waals surface area contributed by atoms with Gasteiger partial charge in [0.15, 0.2) is 0 Å². The monoisotopic (exact) mass is 248 g/mol. The average molecular weight is 248 g/mol. The van der Waals surface area contributed by atoms with E-state index in [4.69, 9.17) is 0 Å². The van der Waals surface area contributed by atoms with Crippen LogP contribution in [0.4, 0.5) is 10.2 Å². The predicted octanol–water partition coefficient (Wildman–Crippen LogP) is 2.00. The molecule has 0 saturated heterocycles. The number of hydrogen-bond donors (Lipinski definition) is 1. The molecular formula is C12H13FN4O. The first kappa shape index (κ1) is 12.2. The molecular weight excluding hydrogens is 235 g/mol. The van der Waals surface area contributed by atoms with Crippen LogP contribution in [0.3, 0.4) is 0 Å².